The highest BCUT2D eigenvalue weighted by atomic mass is 32.2. The molecule has 0 aromatic rings. The van der Waals surface area contributed by atoms with Gasteiger partial charge in [-0.05, 0) is 25.3 Å². The summed E-state index contributed by atoms with van der Waals surface area (Å²) in [5, 5.41) is -0.167. The molecule has 0 amide bonds. The molecular formula is C10H21NO2S. The smallest absolute Gasteiger partial charge is 0.153 e. The minimum atomic E-state index is -2.89. The van der Waals surface area contributed by atoms with E-state index in [2.05, 4.69) is 0 Å². The van der Waals surface area contributed by atoms with Gasteiger partial charge in [-0.3, -0.25) is 0 Å². The summed E-state index contributed by atoms with van der Waals surface area (Å²) >= 11 is 0. The normalized spacial score (nSPS) is 29.9. The van der Waals surface area contributed by atoms with E-state index in [0.717, 1.165) is 32.1 Å². The van der Waals surface area contributed by atoms with Crippen LogP contribution in [0.3, 0.4) is 0 Å². The molecule has 2 unspecified atom stereocenters. The van der Waals surface area contributed by atoms with Gasteiger partial charge < -0.3 is 5.73 Å². The Balaban J connectivity index is 2.80. The van der Waals surface area contributed by atoms with Gasteiger partial charge in [-0.1, -0.05) is 26.2 Å². The largest absolute Gasteiger partial charge is 0.330 e. The fourth-order valence-electron chi connectivity index (χ4n) is 2.31. The summed E-state index contributed by atoms with van der Waals surface area (Å²) in [6, 6.07) is 0. The third-order valence-electron chi connectivity index (χ3n) is 3.26. The van der Waals surface area contributed by atoms with Gasteiger partial charge in [0.05, 0.1) is 5.25 Å². The molecule has 0 aliphatic heterocycles. The molecule has 0 saturated heterocycles. The Kier molecular flexibility index (Phi) is 4.38. The molecule has 3 nitrogen and oxygen atoms in total. The quantitative estimate of drug-likeness (QED) is 0.728. The number of hydrogen-bond donors (Lipinski definition) is 1. The topological polar surface area (TPSA) is 60.2 Å². The molecule has 0 spiro atoms. The molecule has 1 saturated carbocycles. The van der Waals surface area contributed by atoms with Crippen LogP contribution >= 0.6 is 0 Å². The van der Waals surface area contributed by atoms with Gasteiger partial charge >= 0.3 is 0 Å². The maximum atomic E-state index is 11.8. The van der Waals surface area contributed by atoms with Crippen molar-refractivity contribution in [3.8, 4) is 0 Å². The number of sulfone groups is 1. The number of rotatable bonds is 3. The third kappa shape index (κ3) is 2.70. The zero-order chi connectivity index (χ0) is 10.6. The molecule has 0 heterocycles. The molecule has 2 N–H and O–H groups in total. The van der Waals surface area contributed by atoms with E-state index in [4.69, 9.17) is 5.73 Å². The molecule has 4 heteroatoms. The SMILES string of the molecule is CCS(=O)(=O)C1CCCCCC1CN. The van der Waals surface area contributed by atoms with E-state index in [9.17, 15) is 8.42 Å². The molecule has 1 rings (SSSR count). The molecule has 0 aromatic heterocycles. The first-order valence-corrected chi connectivity index (χ1v) is 7.25. The highest BCUT2D eigenvalue weighted by Gasteiger charge is 2.31. The molecular weight excluding hydrogens is 198 g/mol. The maximum Gasteiger partial charge on any atom is 0.153 e. The highest BCUT2D eigenvalue weighted by molar-refractivity contribution is 7.92. The second-order valence-electron chi connectivity index (χ2n) is 4.12. The highest BCUT2D eigenvalue weighted by Crippen LogP contribution is 2.28. The van der Waals surface area contributed by atoms with Crippen molar-refractivity contribution in [2.24, 2.45) is 11.7 Å². The van der Waals surface area contributed by atoms with Gasteiger partial charge in [-0.2, -0.15) is 0 Å². The molecule has 1 aliphatic carbocycles. The summed E-state index contributed by atoms with van der Waals surface area (Å²) in [5.41, 5.74) is 5.65. The minimum absolute atomic E-state index is 0.167. The van der Waals surface area contributed by atoms with Crippen LogP contribution in [0.25, 0.3) is 0 Å². The fraction of sp³-hybridized carbons (Fsp3) is 1.00. The van der Waals surface area contributed by atoms with Crippen molar-refractivity contribution in [3.63, 3.8) is 0 Å². The third-order valence-corrected chi connectivity index (χ3v) is 5.60. The lowest BCUT2D eigenvalue weighted by molar-refractivity contribution is 0.457. The van der Waals surface area contributed by atoms with Crippen molar-refractivity contribution in [2.75, 3.05) is 12.3 Å². The fourth-order valence-corrected chi connectivity index (χ4v) is 4.09. The lowest BCUT2D eigenvalue weighted by Gasteiger charge is -2.22. The predicted octanol–water partition coefficient (Wildman–Crippen LogP) is 1.33. The zero-order valence-corrected chi connectivity index (χ0v) is 9.72. The van der Waals surface area contributed by atoms with Crippen LogP contribution in [0, 0.1) is 5.92 Å². The zero-order valence-electron chi connectivity index (χ0n) is 8.91. The first-order valence-electron chi connectivity index (χ1n) is 5.53. The monoisotopic (exact) mass is 219 g/mol. The molecule has 1 aliphatic rings. The molecule has 14 heavy (non-hydrogen) atoms. The second-order valence-corrected chi connectivity index (χ2v) is 6.63. The summed E-state index contributed by atoms with van der Waals surface area (Å²) in [6.07, 6.45) is 5.14. The van der Waals surface area contributed by atoms with Crippen LogP contribution in [0.5, 0.6) is 0 Å². The summed E-state index contributed by atoms with van der Waals surface area (Å²) in [5.74, 6) is 0.455. The predicted molar refractivity (Wildman–Crippen MR) is 58.9 cm³/mol. The van der Waals surface area contributed by atoms with Gasteiger partial charge in [0.25, 0.3) is 0 Å². The Labute approximate surface area is 87.0 Å². The average molecular weight is 219 g/mol. The van der Waals surface area contributed by atoms with Crippen LogP contribution in [-0.4, -0.2) is 26.0 Å². The molecule has 0 aromatic carbocycles. The van der Waals surface area contributed by atoms with Gasteiger partial charge in [0.2, 0.25) is 0 Å². The standard InChI is InChI=1S/C10H21NO2S/c1-2-14(12,13)10-7-5-3-4-6-9(10)8-11/h9-10H,2-8,11H2,1H3. The van der Waals surface area contributed by atoms with Crippen molar-refractivity contribution in [1.82, 2.24) is 0 Å². The lowest BCUT2D eigenvalue weighted by Crippen LogP contribution is -2.34. The van der Waals surface area contributed by atoms with Crippen molar-refractivity contribution >= 4 is 9.84 Å². The second kappa shape index (κ2) is 5.12. The lowest BCUT2D eigenvalue weighted by atomic mass is 10.0. The van der Waals surface area contributed by atoms with Crippen molar-refractivity contribution in [3.05, 3.63) is 0 Å². The molecule has 1 fully saturated rings. The van der Waals surface area contributed by atoms with Crippen LogP contribution in [0.2, 0.25) is 0 Å². The van der Waals surface area contributed by atoms with E-state index in [-0.39, 0.29) is 16.9 Å². The summed E-state index contributed by atoms with van der Waals surface area (Å²) in [7, 11) is -2.89. The Morgan fingerprint density at radius 1 is 1.21 bits per heavy atom. The summed E-state index contributed by atoms with van der Waals surface area (Å²) in [6.45, 7) is 2.25. The minimum Gasteiger partial charge on any atom is -0.330 e. The molecule has 2 atom stereocenters. The Morgan fingerprint density at radius 2 is 1.86 bits per heavy atom. The van der Waals surface area contributed by atoms with Crippen LogP contribution in [0.15, 0.2) is 0 Å². The van der Waals surface area contributed by atoms with E-state index in [1.165, 1.54) is 0 Å². The first kappa shape index (κ1) is 12.0. The van der Waals surface area contributed by atoms with Gasteiger partial charge in [0.1, 0.15) is 0 Å². The molecule has 0 radical (unpaired) electrons. The van der Waals surface area contributed by atoms with Gasteiger partial charge in [-0.25, -0.2) is 8.42 Å². The van der Waals surface area contributed by atoms with Gasteiger partial charge in [0.15, 0.2) is 9.84 Å². The Bertz CT molecular complexity index is 261. The maximum absolute atomic E-state index is 11.8. The van der Waals surface area contributed by atoms with Crippen LogP contribution < -0.4 is 5.73 Å². The van der Waals surface area contributed by atoms with Crippen LogP contribution in [0.1, 0.15) is 39.0 Å². The van der Waals surface area contributed by atoms with Gasteiger partial charge in [-0.15, -0.1) is 0 Å². The Hall–Kier alpha value is -0.0900. The molecule has 84 valence electrons. The molecule has 0 bridgehead atoms. The number of hydrogen-bond acceptors (Lipinski definition) is 3. The van der Waals surface area contributed by atoms with Crippen LogP contribution in [-0.2, 0) is 9.84 Å². The van der Waals surface area contributed by atoms with E-state index < -0.39 is 9.84 Å². The van der Waals surface area contributed by atoms with Crippen molar-refractivity contribution in [1.29, 1.82) is 0 Å². The first-order chi connectivity index (χ1) is 6.61. The van der Waals surface area contributed by atoms with E-state index in [1.807, 2.05) is 0 Å². The van der Waals surface area contributed by atoms with Crippen molar-refractivity contribution < 1.29 is 8.42 Å². The van der Waals surface area contributed by atoms with E-state index in [1.54, 1.807) is 6.92 Å². The van der Waals surface area contributed by atoms with E-state index >= 15 is 0 Å². The average Bonchev–Trinajstić information content (AvgIpc) is 2.42. The van der Waals surface area contributed by atoms with E-state index in [0.29, 0.717) is 6.54 Å². The van der Waals surface area contributed by atoms with Gasteiger partial charge in [0, 0.05) is 5.75 Å². The van der Waals surface area contributed by atoms with Crippen molar-refractivity contribution in [2.45, 2.75) is 44.3 Å². The number of nitrogens with two attached hydrogens (primary N) is 1. The summed E-state index contributed by atoms with van der Waals surface area (Å²) in [4.78, 5) is 0. The Morgan fingerprint density at radius 3 is 2.43 bits per heavy atom. The van der Waals surface area contributed by atoms with Crippen LogP contribution in [0.4, 0.5) is 0 Å². The summed E-state index contributed by atoms with van der Waals surface area (Å²) < 4.78 is 23.6.